The zero-order valence-electron chi connectivity index (χ0n) is 25.0. The van der Waals surface area contributed by atoms with Crippen LogP contribution in [-0.4, -0.2) is 91.8 Å². The fourth-order valence-corrected chi connectivity index (χ4v) is 7.00. The molecule has 2 aliphatic carbocycles. The first-order chi connectivity index (χ1) is 21.7. The van der Waals surface area contributed by atoms with Gasteiger partial charge in [0.25, 0.3) is 11.2 Å². The molecule has 0 amide bonds. The van der Waals surface area contributed by atoms with E-state index in [9.17, 15) is 49.8 Å². The molecule has 14 nitrogen and oxygen atoms in total. The van der Waals surface area contributed by atoms with Crippen LogP contribution in [0.2, 0.25) is 0 Å². The number of hydrogen-bond acceptors (Lipinski definition) is 14. The molecule has 2 fully saturated rings. The number of esters is 2. The summed E-state index contributed by atoms with van der Waals surface area (Å²) in [5.41, 5.74) is -7.36. The molecule has 6 atom stereocenters. The Bertz CT molecular complexity index is 1820. The molecule has 4 aliphatic rings. The highest BCUT2D eigenvalue weighted by Crippen LogP contribution is 2.56. The minimum Gasteiger partial charge on any atom is -0.507 e. The summed E-state index contributed by atoms with van der Waals surface area (Å²) in [5, 5.41) is 67.5. The van der Waals surface area contributed by atoms with Crippen molar-refractivity contribution in [3.05, 3.63) is 46.5 Å². The zero-order chi connectivity index (χ0) is 33.6. The zero-order valence-corrected chi connectivity index (χ0v) is 25.0. The summed E-state index contributed by atoms with van der Waals surface area (Å²) in [5.74, 6) is -9.21. The molecule has 2 aromatic rings. The van der Waals surface area contributed by atoms with E-state index in [1.807, 2.05) is 0 Å². The summed E-state index contributed by atoms with van der Waals surface area (Å²) in [7, 11) is 2.01. The van der Waals surface area contributed by atoms with Gasteiger partial charge in [0.1, 0.15) is 57.9 Å². The molecule has 0 aromatic heterocycles. The van der Waals surface area contributed by atoms with Gasteiger partial charge in [-0.25, -0.2) is 9.59 Å². The van der Waals surface area contributed by atoms with E-state index in [1.54, 1.807) is 0 Å². The van der Waals surface area contributed by atoms with Crippen molar-refractivity contribution in [1.82, 2.24) is 0 Å². The molecule has 2 aliphatic heterocycles. The van der Waals surface area contributed by atoms with Crippen LogP contribution >= 0.6 is 0 Å². The Labute approximate surface area is 260 Å². The van der Waals surface area contributed by atoms with Gasteiger partial charge in [-0.1, -0.05) is 13.8 Å². The van der Waals surface area contributed by atoms with Gasteiger partial charge in [0.15, 0.2) is 11.6 Å². The number of rotatable bonds is 3. The van der Waals surface area contributed by atoms with Crippen LogP contribution in [0.4, 0.5) is 0 Å². The van der Waals surface area contributed by atoms with Gasteiger partial charge in [-0.05, 0) is 36.1 Å². The van der Waals surface area contributed by atoms with Crippen molar-refractivity contribution in [1.29, 1.82) is 0 Å². The Morgan fingerprint density at radius 3 is 1.74 bits per heavy atom. The number of carbonyl (C=O) groups excluding carboxylic acids is 4. The van der Waals surface area contributed by atoms with Crippen molar-refractivity contribution in [3.8, 4) is 34.1 Å². The predicted octanol–water partition coefficient (Wildman–Crippen LogP) is 1.85. The summed E-state index contributed by atoms with van der Waals surface area (Å²) in [6, 6.07) is 4.83. The number of aliphatic hydroxyl groups is 4. The van der Waals surface area contributed by atoms with Crippen molar-refractivity contribution in [2.24, 2.45) is 11.8 Å². The summed E-state index contributed by atoms with van der Waals surface area (Å²) < 4.78 is 21.8. The first-order valence-corrected chi connectivity index (χ1v) is 14.3. The molecule has 2 saturated carbocycles. The van der Waals surface area contributed by atoms with Gasteiger partial charge in [-0.15, -0.1) is 0 Å². The van der Waals surface area contributed by atoms with Gasteiger partial charge in [-0.2, -0.15) is 0 Å². The molecule has 14 heteroatoms. The van der Waals surface area contributed by atoms with Crippen molar-refractivity contribution in [2.45, 2.75) is 50.1 Å². The Kier molecular flexibility index (Phi) is 6.87. The Balaban J connectivity index is 1.61. The lowest BCUT2D eigenvalue weighted by Crippen LogP contribution is -2.64. The third-order valence-corrected chi connectivity index (χ3v) is 9.25. The molecular weight excluding hydrogens is 608 g/mol. The predicted molar refractivity (Wildman–Crippen MR) is 155 cm³/mol. The molecule has 0 spiro atoms. The van der Waals surface area contributed by atoms with Crippen LogP contribution in [-0.2, 0) is 28.7 Å². The normalized spacial score (nSPS) is 29.9. The fraction of sp³-hybridized carbons (Fsp3) is 0.375. The van der Waals surface area contributed by atoms with E-state index in [0.717, 1.165) is 20.3 Å². The molecule has 6 rings (SSSR count). The lowest BCUT2D eigenvalue weighted by atomic mass is 9.69. The Hall–Kier alpha value is -5.08. The van der Waals surface area contributed by atoms with Crippen molar-refractivity contribution < 1.29 is 68.8 Å². The van der Waals surface area contributed by atoms with Crippen LogP contribution in [0.25, 0.3) is 22.6 Å². The minimum absolute atomic E-state index is 0.105. The molecule has 242 valence electrons. The number of aliphatic hydroxyl groups excluding tert-OH is 4. The number of fused-ring (bicyclic) bond motifs is 4. The number of carbonyl (C=O) groups is 4. The number of phenolic OH excluding ortho intramolecular Hbond substituents is 2. The second kappa shape index (κ2) is 10.2. The highest BCUT2D eigenvalue weighted by molar-refractivity contribution is 6.14. The number of aromatic hydroxyl groups is 2. The second-order valence-corrected chi connectivity index (χ2v) is 11.9. The maximum atomic E-state index is 13.3. The number of ether oxygens (including phenoxy) is 4. The van der Waals surface area contributed by atoms with Crippen molar-refractivity contribution in [3.63, 3.8) is 0 Å². The standard InChI is InChI=1S/C32H30O14/c1-11-9-17(35)22-25(38)20-18(45-31(22,27(11)39)29(41)43-3)8-6-13(23(20)36)14-5-7-15(33)19-24(37)21-16(34)10-12(2)28(40)32(21,30(42)44-4)46-26(14)19/h5-8,11-12,27-28,33,36-40H,9-10H2,1-4H3/t11-,12-,27+,28+,31+,32+/m0/s1. The molecule has 0 radical (unpaired) electrons. The summed E-state index contributed by atoms with van der Waals surface area (Å²) >= 11 is 0. The number of hydrogen-bond donors (Lipinski definition) is 6. The molecule has 0 unspecified atom stereocenters. The lowest BCUT2D eigenvalue weighted by molar-refractivity contribution is -0.173. The van der Waals surface area contributed by atoms with E-state index in [0.29, 0.717) is 0 Å². The van der Waals surface area contributed by atoms with E-state index in [-0.39, 0.29) is 29.7 Å². The van der Waals surface area contributed by atoms with Crippen LogP contribution in [0, 0.1) is 11.8 Å². The maximum Gasteiger partial charge on any atom is 0.358 e. The maximum absolute atomic E-state index is 13.3. The molecule has 0 bridgehead atoms. The molecule has 0 saturated heterocycles. The van der Waals surface area contributed by atoms with Crippen LogP contribution < -0.4 is 9.47 Å². The topological polar surface area (TPSA) is 227 Å². The molecular formula is C32H30O14. The van der Waals surface area contributed by atoms with Gasteiger partial charge < -0.3 is 49.6 Å². The largest absolute Gasteiger partial charge is 0.507 e. The van der Waals surface area contributed by atoms with Crippen molar-refractivity contribution in [2.75, 3.05) is 14.2 Å². The summed E-state index contributed by atoms with van der Waals surface area (Å²) in [6.07, 6.45) is -3.83. The summed E-state index contributed by atoms with van der Waals surface area (Å²) in [6.45, 7) is 3.01. The monoisotopic (exact) mass is 638 g/mol. The number of Topliss-reactive ketones (excluding diaryl/α,β-unsaturated/α-hetero) is 2. The van der Waals surface area contributed by atoms with E-state index in [4.69, 9.17) is 18.9 Å². The number of phenols is 2. The highest BCUT2D eigenvalue weighted by Gasteiger charge is 2.64. The van der Waals surface area contributed by atoms with Crippen LogP contribution in [0.1, 0.15) is 37.8 Å². The number of benzene rings is 2. The second-order valence-electron chi connectivity index (χ2n) is 11.9. The third kappa shape index (κ3) is 3.70. The molecule has 2 heterocycles. The van der Waals surface area contributed by atoms with E-state index in [1.165, 1.54) is 32.0 Å². The smallest absolute Gasteiger partial charge is 0.358 e. The molecule has 2 aromatic carbocycles. The van der Waals surface area contributed by atoms with Gasteiger partial charge in [0, 0.05) is 24.0 Å². The van der Waals surface area contributed by atoms with Gasteiger partial charge in [-0.3, -0.25) is 9.59 Å². The highest BCUT2D eigenvalue weighted by atomic mass is 16.6. The van der Waals surface area contributed by atoms with Crippen molar-refractivity contribution >= 4 is 35.0 Å². The van der Waals surface area contributed by atoms with Gasteiger partial charge in [0.2, 0.25) is 0 Å². The lowest BCUT2D eigenvalue weighted by Gasteiger charge is -2.46. The van der Waals surface area contributed by atoms with E-state index >= 15 is 0 Å². The van der Waals surface area contributed by atoms with E-state index in [2.05, 4.69) is 0 Å². The van der Waals surface area contributed by atoms with E-state index < -0.39 is 110 Å². The van der Waals surface area contributed by atoms with Gasteiger partial charge in [0.05, 0.1) is 25.4 Å². The quantitative estimate of drug-likeness (QED) is 0.264. The number of ketones is 2. The van der Waals surface area contributed by atoms with Crippen LogP contribution in [0.3, 0.4) is 0 Å². The fourth-order valence-electron chi connectivity index (χ4n) is 7.00. The molecule has 46 heavy (non-hydrogen) atoms. The molecule has 6 N–H and O–H groups in total. The SMILES string of the molecule is COC(=O)[C@@]12Oc3ccc(-c4ccc(O)c5c4O[C@]4(C(=O)OC)C(=C5O)C(=O)C[C@H](C)[C@H]4O)c(O)c3C(O)=C1C(=O)C[C@H](C)[C@H]2O. The van der Waals surface area contributed by atoms with Crippen LogP contribution in [0.15, 0.2) is 35.4 Å². The van der Waals surface area contributed by atoms with Crippen LogP contribution in [0.5, 0.6) is 23.0 Å². The average molecular weight is 639 g/mol. The number of methoxy groups -OCH3 is 2. The summed E-state index contributed by atoms with van der Waals surface area (Å²) in [4.78, 5) is 52.7. The first-order valence-electron chi connectivity index (χ1n) is 14.3. The third-order valence-electron chi connectivity index (χ3n) is 9.25. The first kappa shape index (κ1) is 30.9. The minimum atomic E-state index is -2.55. The van der Waals surface area contributed by atoms with Gasteiger partial charge >= 0.3 is 11.9 Å². The average Bonchev–Trinajstić information content (AvgIpc) is 3.01. The Morgan fingerprint density at radius 1 is 0.739 bits per heavy atom. The Morgan fingerprint density at radius 2 is 1.22 bits per heavy atom.